The van der Waals surface area contributed by atoms with Crippen molar-refractivity contribution in [2.45, 2.75) is 44.8 Å². The number of anilines is 1. The van der Waals surface area contributed by atoms with E-state index >= 15 is 0 Å². The molecule has 2 unspecified atom stereocenters. The molecule has 1 N–H and O–H groups in total. The number of aromatic nitrogens is 1. The number of nitrogens with one attached hydrogen (secondary N) is 1. The van der Waals surface area contributed by atoms with Gasteiger partial charge in [-0.2, -0.15) is 0 Å². The van der Waals surface area contributed by atoms with Gasteiger partial charge in [0, 0.05) is 12.0 Å². The van der Waals surface area contributed by atoms with Crippen molar-refractivity contribution in [3.8, 4) is 0 Å². The molecular formula is C13H20N2O3S. The molecule has 1 aliphatic heterocycles. The molecule has 6 heteroatoms. The Balaban J connectivity index is 2.08. The molecular weight excluding hydrogens is 264 g/mol. The fraction of sp³-hybridized carbons (Fsp3) is 0.692. The Bertz CT molecular complexity index is 458. The Labute approximate surface area is 117 Å². The molecule has 2 atom stereocenters. The van der Waals surface area contributed by atoms with E-state index in [1.165, 1.54) is 18.4 Å². The molecule has 2 rings (SSSR count). The average Bonchev–Trinajstić information content (AvgIpc) is 2.99. The summed E-state index contributed by atoms with van der Waals surface area (Å²) in [5.41, 5.74) is 0.0154. The van der Waals surface area contributed by atoms with Crippen LogP contribution in [0.5, 0.6) is 0 Å². The van der Waals surface area contributed by atoms with Crippen LogP contribution in [0.4, 0.5) is 5.13 Å². The van der Waals surface area contributed by atoms with Gasteiger partial charge in [0.1, 0.15) is 5.41 Å². The first-order chi connectivity index (χ1) is 8.95. The molecule has 1 aromatic heterocycles. The van der Waals surface area contributed by atoms with E-state index in [1.807, 2.05) is 19.2 Å². The van der Waals surface area contributed by atoms with E-state index in [0.717, 1.165) is 23.9 Å². The molecule has 106 valence electrons. The van der Waals surface area contributed by atoms with Crippen molar-refractivity contribution in [2.24, 2.45) is 0 Å². The minimum Gasteiger partial charge on any atom is -0.468 e. The highest BCUT2D eigenvalue weighted by Crippen LogP contribution is 2.29. The molecule has 0 radical (unpaired) electrons. The quantitative estimate of drug-likeness (QED) is 0.859. The summed E-state index contributed by atoms with van der Waals surface area (Å²) in [5, 5.41) is 6.10. The van der Waals surface area contributed by atoms with E-state index in [-0.39, 0.29) is 12.1 Å². The summed E-state index contributed by atoms with van der Waals surface area (Å²) in [6, 6.07) is 0.292. The molecule has 0 amide bonds. The largest absolute Gasteiger partial charge is 0.468 e. The minimum absolute atomic E-state index is 0.195. The highest BCUT2D eigenvalue weighted by molar-refractivity contribution is 7.13. The van der Waals surface area contributed by atoms with Crippen LogP contribution >= 0.6 is 11.3 Å². The van der Waals surface area contributed by atoms with Gasteiger partial charge in [-0.25, -0.2) is 4.98 Å². The maximum absolute atomic E-state index is 11.7. The van der Waals surface area contributed by atoms with Crippen LogP contribution in [0.2, 0.25) is 0 Å². The third-order valence-corrected chi connectivity index (χ3v) is 4.30. The monoisotopic (exact) mass is 284 g/mol. The predicted molar refractivity (Wildman–Crippen MR) is 74.6 cm³/mol. The Kier molecular flexibility index (Phi) is 4.10. The SMILES string of the molecule is COC(=O)C(C)(C)c1csc(NC2CCOC2C)n1. The normalized spacial score (nSPS) is 23.4. The van der Waals surface area contributed by atoms with Crippen molar-refractivity contribution in [1.29, 1.82) is 0 Å². The lowest BCUT2D eigenvalue weighted by atomic mass is 9.90. The topological polar surface area (TPSA) is 60.5 Å². The molecule has 5 nitrogen and oxygen atoms in total. The van der Waals surface area contributed by atoms with Crippen molar-refractivity contribution in [2.75, 3.05) is 19.0 Å². The van der Waals surface area contributed by atoms with E-state index in [2.05, 4.69) is 17.2 Å². The zero-order chi connectivity index (χ0) is 14.0. The molecule has 1 saturated heterocycles. The molecule has 1 aromatic rings. The fourth-order valence-electron chi connectivity index (χ4n) is 2.07. The Morgan fingerprint density at radius 1 is 1.63 bits per heavy atom. The molecule has 0 spiro atoms. The van der Waals surface area contributed by atoms with Gasteiger partial charge < -0.3 is 14.8 Å². The van der Waals surface area contributed by atoms with Crippen LogP contribution in [0.25, 0.3) is 0 Å². The van der Waals surface area contributed by atoms with E-state index in [1.54, 1.807) is 0 Å². The molecule has 0 bridgehead atoms. The number of ether oxygens (including phenoxy) is 2. The van der Waals surface area contributed by atoms with Gasteiger partial charge in [-0.1, -0.05) is 0 Å². The van der Waals surface area contributed by atoms with Crippen LogP contribution in [-0.4, -0.2) is 36.8 Å². The summed E-state index contributed by atoms with van der Waals surface area (Å²) in [4.78, 5) is 16.2. The van der Waals surface area contributed by atoms with Crippen LogP contribution in [0.15, 0.2) is 5.38 Å². The third kappa shape index (κ3) is 2.90. The second-order valence-corrected chi connectivity index (χ2v) is 6.13. The minimum atomic E-state index is -0.719. The van der Waals surface area contributed by atoms with Crippen molar-refractivity contribution in [1.82, 2.24) is 4.98 Å². The number of methoxy groups -OCH3 is 1. The zero-order valence-electron chi connectivity index (χ0n) is 11.7. The molecule has 19 heavy (non-hydrogen) atoms. The second kappa shape index (κ2) is 5.46. The average molecular weight is 284 g/mol. The van der Waals surface area contributed by atoms with Crippen LogP contribution in [-0.2, 0) is 19.7 Å². The zero-order valence-corrected chi connectivity index (χ0v) is 12.5. The number of hydrogen-bond acceptors (Lipinski definition) is 6. The van der Waals surface area contributed by atoms with Gasteiger partial charge >= 0.3 is 5.97 Å². The molecule has 1 fully saturated rings. The maximum atomic E-state index is 11.7. The fourth-order valence-corrected chi connectivity index (χ4v) is 3.01. The van der Waals surface area contributed by atoms with Gasteiger partial charge in [-0.3, -0.25) is 4.79 Å². The first-order valence-corrected chi connectivity index (χ1v) is 7.25. The number of thiazole rings is 1. The van der Waals surface area contributed by atoms with Crippen molar-refractivity contribution < 1.29 is 14.3 Å². The first kappa shape index (κ1) is 14.3. The van der Waals surface area contributed by atoms with Gasteiger partial charge in [-0.05, 0) is 27.2 Å². The van der Waals surface area contributed by atoms with E-state index in [9.17, 15) is 4.79 Å². The summed E-state index contributed by atoms with van der Waals surface area (Å²) < 4.78 is 10.3. The lowest BCUT2D eigenvalue weighted by Gasteiger charge is -2.19. The van der Waals surface area contributed by atoms with Crippen molar-refractivity contribution in [3.05, 3.63) is 11.1 Å². The highest BCUT2D eigenvalue weighted by atomic mass is 32.1. The Hall–Kier alpha value is -1.14. The lowest BCUT2D eigenvalue weighted by molar-refractivity contribution is -0.146. The number of hydrogen-bond donors (Lipinski definition) is 1. The molecule has 0 saturated carbocycles. The second-order valence-electron chi connectivity index (χ2n) is 5.27. The molecule has 0 aromatic carbocycles. The van der Waals surface area contributed by atoms with Gasteiger partial charge in [-0.15, -0.1) is 11.3 Å². The van der Waals surface area contributed by atoms with Crippen LogP contribution in [0.3, 0.4) is 0 Å². The maximum Gasteiger partial charge on any atom is 0.317 e. The Morgan fingerprint density at radius 3 is 2.95 bits per heavy atom. The predicted octanol–water partition coefficient (Wildman–Crippen LogP) is 2.18. The summed E-state index contributed by atoms with van der Waals surface area (Å²) in [5.74, 6) is -0.276. The smallest absolute Gasteiger partial charge is 0.317 e. The van der Waals surface area contributed by atoms with Gasteiger partial charge in [0.25, 0.3) is 0 Å². The van der Waals surface area contributed by atoms with Crippen LogP contribution in [0, 0.1) is 0 Å². The van der Waals surface area contributed by atoms with Gasteiger partial charge in [0.15, 0.2) is 5.13 Å². The Morgan fingerprint density at radius 2 is 2.37 bits per heavy atom. The third-order valence-electron chi connectivity index (χ3n) is 3.53. The summed E-state index contributed by atoms with van der Waals surface area (Å²) in [6.45, 7) is 6.47. The molecule has 2 heterocycles. The molecule has 0 aliphatic carbocycles. The first-order valence-electron chi connectivity index (χ1n) is 6.37. The van der Waals surface area contributed by atoms with Crippen molar-refractivity contribution in [3.63, 3.8) is 0 Å². The highest BCUT2D eigenvalue weighted by Gasteiger charge is 2.34. The van der Waals surface area contributed by atoms with Crippen molar-refractivity contribution >= 4 is 22.4 Å². The summed E-state index contributed by atoms with van der Waals surface area (Å²) in [7, 11) is 1.40. The summed E-state index contributed by atoms with van der Waals surface area (Å²) >= 11 is 1.51. The van der Waals surface area contributed by atoms with Crippen LogP contribution in [0.1, 0.15) is 32.9 Å². The lowest BCUT2D eigenvalue weighted by Crippen LogP contribution is -2.31. The van der Waals surface area contributed by atoms with E-state index < -0.39 is 5.41 Å². The number of nitrogens with zero attached hydrogens (tertiary/aromatic N) is 1. The van der Waals surface area contributed by atoms with E-state index in [0.29, 0.717) is 6.04 Å². The standard InChI is InChI=1S/C13H20N2O3S/c1-8-9(5-6-18-8)14-12-15-10(7-19-12)13(2,3)11(16)17-4/h7-9H,5-6H2,1-4H3,(H,14,15). The molecule has 1 aliphatic rings. The summed E-state index contributed by atoms with van der Waals surface area (Å²) in [6.07, 6.45) is 1.18. The van der Waals surface area contributed by atoms with Gasteiger partial charge in [0.05, 0.1) is 24.9 Å². The number of carbonyl (C=O) groups excluding carboxylic acids is 1. The number of rotatable bonds is 4. The number of esters is 1. The van der Waals surface area contributed by atoms with Crippen LogP contribution < -0.4 is 5.32 Å². The van der Waals surface area contributed by atoms with Gasteiger partial charge in [0.2, 0.25) is 0 Å². The number of carbonyl (C=O) groups is 1. The van der Waals surface area contributed by atoms with E-state index in [4.69, 9.17) is 9.47 Å².